The van der Waals surface area contributed by atoms with E-state index in [1.54, 1.807) is 16.7 Å². The fourth-order valence-electron chi connectivity index (χ4n) is 3.24. The van der Waals surface area contributed by atoms with Crippen LogP contribution >= 0.6 is 0 Å². The van der Waals surface area contributed by atoms with E-state index in [1.807, 2.05) is 0 Å². The monoisotopic (exact) mass is 345 g/mol. The first kappa shape index (κ1) is 17.0. The lowest BCUT2D eigenvalue weighted by molar-refractivity contribution is 0.265. The molecule has 0 saturated carbocycles. The summed E-state index contributed by atoms with van der Waals surface area (Å²) in [6.07, 6.45) is 7.39. The van der Waals surface area contributed by atoms with Crippen molar-refractivity contribution in [1.82, 2.24) is 14.3 Å². The van der Waals surface area contributed by atoms with Crippen LogP contribution in [0, 0.1) is 12.8 Å². The van der Waals surface area contributed by atoms with Gasteiger partial charge in [-0.2, -0.15) is 0 Å². The van der Waals surface area contributed by atoms with Crippen LogP contribution in [-0.4, -0.2) is 42.0 Å². The van der Waals surface area contributed by atoms with Crippen LogP contribution in [0.4, 0.5) is 0 Å². The van der Waals surface area contributed by atoms with E-state index < -0.39 is 10.0 Å². The zero-order valence-corrected chi connectivity index (χ0v) is 15.0. The number of aryl methyl sites for hydroxylation is 1. The van der Waals surface area contributed by atoms with Gasteiger partial charge in [0.2, 0.25) is 10.0 Å². The van der Waals surface area contributed by atoms with Gasteiger partial charge in [-0.05, 0) is 32.1 Å². The molecule has 128 valence electrons. The van der Waals surface area contributed by atoms with E-state index in [-0.39, 0.29) is 5.92 Å². The normalized spacial score (nSPS) is 19.3. The number of hydrogen-bond acceptors (Lipinski definition) is 4. The number of rotatable bonds is 4. The van der Waals surface area contributed by atoms with E-state index in [0.29, 0.717) is 13.1 Å². The van der Waals surface area contributed by atoms with Gasteiger partial charge >= 0.3 is 0 Å². The standard InChI is InChI=1S/C18H23N3O2S/c1-14-5-7-16(8-6-14)18-17(19-9-10-20-18)12-15-4-3-11-21(13-15)24(2,22)23/h5-10,15H,3-4,11-13H2,1-2H3/t15-/m0/s1. The molecular weight excluding hydrogens is 322 g/mol. The smallest absolute Gasteiger partial charge is 0.211 e. The molecule has 3 rings (SSSR count). The van der Waals surface area contributed by atoms with E-state index in [9.17, 15) is 8.42 Å². The molecule has 2 heterocycles. The van der Waals surface area contributed by atoms with Gasteiger partial charge in [-0.1, -0.05) is 29.8 Å². The highest BCUT2D eigenvalue weighted by atomic mass is 32.2. The average Bonchev–Trinajstić information content (AvgIpc) is 2.56. The number of hydrogen-bond donors (Lipinski definition) is 0. The highest BCUT2D eigenvalue weighted by Gasteiger charge is 2.27. The minimum atomic E-state index is -3.12. The summed E-state index contributed by atoms with van der Waals surface area (Å²) >= 11 is 0. The molecule has 0 amide bonds. The quantitative estimate of drug-likeness (QED) is 0.855. The van der Waals surface area contributed by atoms with Gasteiger partial charge in [0.25, 0.3) is 0 Å². The molecule has 5 nitrogen and oxygen atoms in total. The molecule has 0 spiro atoms. The highest BCUT2D eigenvalue weighted by Crippen LogP contribution is 2.26. The Morgan fingerprint density at radius 1 is 1.17 bits per heavy atom. The summed E-state index contributed by atoms with van der Waals surface area (Å²) < 4.78 is 25.2. The van der Waals surface area contributed by atoms with E-state index in [4.69, 9.17) is 0 Å². The minimum Gasteiger partial charge on any atom is -0.257 e. The summed E-state index contributed by atoms with van der Waals surface area (Å²) in [7, 11) is -3.12. The first-order valence-corrected chi connectivity index (χ1v) is 10.1. The van der Waals surface area contributed by atoms with Crippen molar-refractivity contribution in [1.29, 1.82) is 0 Å². The molecule has 0 N–H and O–H groups in total. The minimum absolute atomic E-state index is 0.286. The largest absolute Gasteiger partial charge is 0.257 e. The van der Waals surface area contributed by atoms with Crippen LogP contribution in [0.3, 0.4) is 0 Å². The molecule has 1 fully saturated rings. The average molecular weight is 345 g/mol. The predicted octanol–water partition coefficient (Wildman–Crippen LogP) is 2.67. The van der Waals surface area contributed by atoms with Crippen molar-refractivity contribution in [2.75, 3.05) is 19.3 Å². The molecular formula is C18H23N3O2S. The van der Waals surface area contributed by atoms with E-state index >= 15 is 0 Å². The van der Waals surface area contributed by atoms with Crippen LogP contribution in [0.15, 0.2) is 36.7 Å². The summed E-state index contributed by atoms with van der Waals surface area (Å²) in [5.41, 5.74) is 4.11. The Kier molecular flexibility index (Phi) is 4.96. The summed E-state index contributed by atoms with van der Waals surface area (Å²) in [6.45, 7) is 3.26. The van der Waals surface area contributed by atoms with Gasteiger partial charge in [-0.3, -0.25) is 9.97 Å². The zero-order valence-electron chi connectivity index (χ0n) is 14.1. The van der Waals surface area contributed by atoms with Crippen molar-refractivity contribution in [2.45, 2.75) is 26.2 Å². The maximum atomic E-state index is 11.8. The van der Waals surface area contributed by atoms with Gasteiger partial charge in [0, 0.05) is 31.0 Å². The molecule has 2 aromatic rings. The van der Waals surface area contributed by atoms with Gasteiger partial charge in [0.1, 0.15) is 0 Å². The zero-order chi connectivity index (χ0) is 17.2. The Morgan fingerprint density at radius 3 is 2.58 bits per heavy atom. The molecule has 0 aliphatic carbocycles. The van der Waals surface area contributed by atoms with Crippen molar-refractivity contribution in [2.24, 2.45) is 5.92 Å². The SMILES string of the molecule is Cc1ccc(-c2nccnc2C[C@@H]2CCCN(S(C)(=O)=O)C2)cc1. The van der Waals surface area contributed by atoms with Crippen LogP contribution in [-0.2, 0) is 16.4 Å². The number of piperidine rings is 1. The summed E-state index contributed by atoms with van der Waals surface area (Å²) in [5, 5.41) is 0. The van der Waals surface area contributed by atoms with Gasteiger partial charge < -0.3 is 0 Å². The Labute approximate surface area is 143 Å². The topological polar surface area (TPSA) is 63.2 Å². The fourth-order valence-corrected chi connectivity index (χ4v) is 4.18. The molecule has 0 unspecified atom stereocenters. The Balaban J connectivity index is 1.82. The lowest BCUT2D eigenvalue weighted by Crippen LogP contribution is -2.39. The third-order valence-electron chi connectivity index (χ3n) is 4.53. The van der Waals surface area contributed by atoms with Crippen molar-refractivity contribution in [3.8, 4) is 11.3 Å². The number of sulfonamides is 1. The molecule has 0 bridgehead atoms. The number of benzene rings is 1. The molecule has 6 heteroatoms. The summed E-state index contributed by atoms with van der Waals surface area (Å²) in [5.74, 6) is 0.286. The van der Waals surface area contributed by atoms with Gasteiger partial charge in [-0.25, -0.2) is 12.7 Å². The van der Waals surface area contributed by atoms with Crippen molar-refractivity contribution < 1.29 is 8.42 Å². The Morgan fingerprint density at radius 2 is 1.88 bits per heavy atom. The van der Waals surface area contributed by atoms with E-state index in [1.165, 1.54) is 11.8 Å². The molecule has 1 saturated heterocycles. The second-order valence-electron chi connectivity index (χ2n) is 6.55. The molecule has 1 aromatic heterocycles. The second-order valence-corrected chi connectivity index (χ2v) is 8.53. The van der Waals surface area contributed by atoms with Crippen LogP contribution < -0.4 is 0 Å². The summed E-state index contributed by atoms with van der Waals surface area (Å²) in [4.78, 5) is 9.05. The lowest BCUT2D eigenvalue weighted by atomic mass is 9.93. The summed E-state index contributed by atoms with van der Waals surface area (Å²) in [6, 6.07) is 8.26. The lowest BCUT2D eigenvalue weighted by Gasteiger charge is -2.31. The third-order valence-corrected chi connectivity index (χ3v) is 5.80. The predicted molar refractivity (Wildman–Crippen MR) is 95.0 cm³/mol. The fraction of sp³-hybridized carbons (Fsp3) is 0.444. The van der Waals surface area contributed by atoms with Crippen LogP contribution in [0.2, 0.25) is 0 Å². The maximum Gasteiger partial charge on any atom is 0.211 e. The van der Waals surface area contributed by atoms with Crippen molar-refractivity contribution in [3.05, 3.63) is 47.9 Å². The Bertz CT molecular complexity index is 803. The molecule has 1 aliphatic rings. The second kappa shape index (κ2) is 6.99. The first-order valence-electron chi connectivity index (χ1n) is 8.25. The Hall–Kier alpha value is -1.79. The van der Waals surface area contributed by atoms with E-state index in [0.717, 1.165) is 36.2 Å². The molecule has 1 atom stereocenters. The highest BCUT2D eigenvalue weighted by molar-refractivity contribution is 7.88. The number of aromatic nitrogens is 2. The molecule has 1 aromatic carbocycles. The van der Waals surface area contributed by atoms with Crippen LogP contribution in [0.1, 0.15) is 24.1 Å². The van der Waals surface area contributed by atoms with Crippen molar-refractivity contribution in [3.63, 3.8) is 0 Å². The van der Waals surface area contributed by atoms with Crippen molar-refractivity contribution >= 4 is 10.0 Å². The van der Waals surface area contributed by atoms with Crippen LogP contribution in [0.25, 0.3) is 11.3 Å². The number of nitrogens with zero attached hydrogens (tertiary/aromatic N) is 3. The van der Waals surface area contributed by atoms with E-state index in [2.05, 4.69) is 41.2 Å². The molecule has 0 radical (unpaired) electrons. The molecule has 1 aliphatic heterocycles. The first-order chi connectivity index (χ1) is 11.4. The van der Waals surface area contributed by atoms with Crippen LogP contribution in [0.5, 0.6) is 0 Å². The van der Waals surface area contributed by atoms with Gasteiger partial charge in [-0.15, -0.1) is 0 Å². The maximum absolute atomic E-state index is 11.8. The third kappa shape index (κ3) is 3.99. The van der Waals surface area contributed by atoms with Gasteiger partial charge in [0.05, 0.1) is 17.6 Å². The van der Waals surface area contributed by atoms with Gasteiger partial charge in [0.15, 0.2) is 0 Å². The molecule has 24 heavy (non-hydrogen) atoms.